The van der Waals surface area contributed by atoms with Crippen LogP contribution in [0.5, 0.6) is 0 Å². The Hall–Kier alpha value is -0.830. The minimum Gasteiger partial charge on any atom is -0.328 e. The lowest BCUT2D eigenvalue weighted by molar-refractivity contribution is 0.123. The first kappa shape index (κ1) is 12.2. The number of hydrogen-bond donors (Lipinski definition) is 1. The molecule has 2 heterocycles. The first-order chi connectivity index (χ1) is 8.70. The summed E-state index contributed by atoms with van der Waals surface area (Å²) in [5.41, 5.74) is 2.18. The van der Waals surface area contributed by atoms with E-state index < -0.39 is 0 Å². The molecule has 0 spiro atoms. The van der Waals surface area contributed by atoms with E-state index in [9.17, 15) is 0 Å². The fraction of sp³-hybridized carbons (Fsp3) is 0.800. The maximum atomic E-state index is 4.48. The Labute approximate surface area is 110 Å². The summed E-state index contributed by atoms with van der Waals surface area (Å²) in [6.07, 6.45) is 12.0. The van der Waals surface area contributed by atoms with Crippen LogP contribution in [-0.4, -0.2) is 22.6 Å². The van der Waals surface area contributed by atoms with Crippen LogP contribution in [0.3, 0.4) is 0 Å². The molecule has 0 unspecified atom stereocenters. The molecule has 1 saturated heterocycles. The van der Waals surface area contributed by atoms with Gasteiger partial charge in [-0.05, 0) is 51.6 Å². The lowest BCUT2D eigenvalue weighted by Crippen LogP contribution is -2.45. The zero-order chi connectivity index (χ0) is 12.6. The fourth-order valence-corrected chi connectivity index (χ4v) is 3.70. The van der Waals surface area contributed by atoms with Crippen LogP contribution in [0, 0.1) is 0 Å². The Balaban J connectivity index is 1.96. The van der Waals surface area contributed by atoms with E-state index in [4.69, 9.17) is 0 Å². The second-order valence-electron chi connectivity index (χ2n) is 6.39. The molecule has 100 valence electrons. The highest BCUT2D eigenvalue weighted by atomic mass is 15.1. The highest BCUT2D eigenvalue weighted by Crippen LogP contribution is 2.45. The van der Waals surface area contributed by atoms with Gasteiger partial charge in [-0.3, -0.25) is 0 Å². The molecule has 1 saturated carbocycles. The second kappa shape index (κ2) is 4.37. The SMILES string of the molecule is CCC1(n2cncc2C2(C)CCNCC2)CCC1. The molecule has 0 amide bonds. The van der Waals surface area contributed by atoms with Gasteiger partial charge < -0.3 is 9.88 Å². The molecule has 1 aliphatic heterocycles. The van der Waals surface area contributed by atoms with Crippen LogP contribution in [0.25, 0.3) is 0 Å². The van der Waals surface area contributed by atoms with Gasteiger partial charge in [0.15, 0.2) is 0 Å². The van der Waals surface area contributed by atoms with Crippen molar-refractivity contribution in [3.63, 3.8) is 0 Å². The Kier molecular flexibility index (Phi) is 2.97. The van der Waals surface area contributed by atoms with Gasteiger partial charge in [-0.1, -0.05) is 13.8 Å². The average Bonchev–Trinajstić information content (AvgIpc) is 2.80. The van der Waals surface area contributed by atoms with E-state index in [0.29, 0.717) is 11.0 Å². The van der Waals surface area contributed by atoms with Crippen molar-refractivity contribution in [3.8, 4) is 0 Å². The maximum Gasteiger partial charge on any atom is 0.0953 e. The van der Waals surface area contributed by atoms with Crippen molar-refractivity contribution in [2.75, 3.05) is 13.1 Å². The second-order valence-corrected chi connectivity index (χ2v) is 6.39. The van der Waals surface area contributed by atoms with Gasteiger partial charge in [0.1, 0.15) is 0 Å². The molecule has 0 radical (unpaired) electrons. The Morgan fingerprint density at radius 2 is 2.00 bits per heavy atom. The molecule has 1 aliphatic carbocycles. The van der Waals surface area contributed by atoms with Gasteiger partial charge in [0.05, 0.1) is 6.33 Å². The number of nitrogens with one attached hydrogen (secondary N) is 1. The third kappa shape index (κ3) is 1.71. The highest BCUT2D eigenvalue weighted by Gasteiger charge is 2.41. The van der Waals surface area contributed by atoms with E-state index in [1.165, 1.54) is 44.2 Å². The lowest BCUT2D eigenvalue weighted by Gasteiger charge is -2.46. The predicted molar refractivity (Wildman–Crippen MR) is 73.8 cm³/mol. The van der Waals surface area contributed by atoms with Gasteiger partial charge in [-0.15, -0.1) is 0 Å². The number of aromatic nitrogens is 2. The summed E-state index contributed by atoms with van der Waals surface area (Å²) in [6.45, 7) is 7.03. The summed E-state index contributed by atoms with van der Waals surface area (Å²) in [5.74, 6) is 0. The third-order valence-corrected chi connectivity index (χ3v) is 5.42. The van der Waals surface area contributed by atoms with Crippen LogP contribution < -0.4 is 5.32 Å². The average molecular weight is 247 g/mol. The number of piperidine rings is 1. The van der Waals surface area contributed by atoms with Crippen LogP contribution in [0.15, 0.2) is 12.5 Å². The molecule has 3 rings (SSSR count). The van der Waals surface area contributed by atoms with Crippen LogP contribution >= 0.6 is 0 Å². The van der Waals surface area contributed by atoms with Crippen LogP contribution in [0.1, 0.15) is 58.1 Å². The molecule has 0 bridgehead atoms. The molecule has 2 fully saturated rings. The minimum absolute atomic E-state index is 0.319. The number of nitrogens with zero attached hydrogens (tertiary/aromatic N) is 2. The summed E-state index contributed by atoms with van der Waals surface area (Å²) < 4.78 is 2.53. The third-order valence-electron chi connectivity index (χ3n) is 5.42. The van der Waals surface area contributed by atoms with Gasteiger partial charge in [0.2, 0.25) is 0 Å². The van der Waals surface area contributed by atoms with E-state index in [-0.39, 0.29) is 0 Å². The van der Waals surface area contributed by atoms with Gasteiger partial charge in [0.25, 0.3) is 0 Å². The lowest BCUT2D eigenvalue weighted by atomic mass is 9.72. The summed E-state index contributed by atoms with van der Waals surface area (Å²) >= 11 is 0. The van der Waals surface area contributed by atoms with E-state index in [1.54, 1.807) is 0 Å². The van der Waals surface area contributed by atoms with Crippen LogP contribution in [0.2, 0.25) is 0 Å². The first-order valence-electron chi connectivity index (χ1n) is 7.44. The molecular weight excluding hydrogens is 222 g/mol. The van der Waals surface area contributed by atoms with E-state index in [2.05, 4.69) is 41.2 Å². The highest BCUT2D eigenvalue weighted by molar-refractivity contribution is 5.19. The molecule has 0 aromatic carbocycles. The van der Waals surface area contributed by atoms with Crippen molar-refractivity contribution >= 4 is 0 Å². The zero-order valence-electron chi connectivity index (χ0n) is 11.7. The standard InChI is InChI=1S/C15H25N3/c1-3-15(5-4-6-15)18-12-17-11-13(18)14(2)7-9-16-10-8-14/h11-12,16H,3-10H2,1-2H3. The smallest absolute Gasteiger partial charge is 0.0953 e. The molecule has 2 aliphatic rings. The quantitative estimate of drug-likeness (QED) is 0.890. The molecule has 18 heavy (non-hydrogen) atoms. The van der Waals surface area contributed by atoms with Crippen molar-refractivity contribution in [3.05, 3.63) is 18.2 Å². The molecular formula is C15H25N3. The summed E-state index contributed by atoms with van der Waals surface area (Å²) in [4.78, 5) is 4.48. The molecule has 1 N–H and O–H groups in total. The van der Waals surface area contributed by atoms with Crippen molar-refractivity contribution in [1.82, 2.24) is 14.9 Å². The van der Waals surface area contributed by atoms with Crippen LogP contribution in [0.4, 0.5) is 0 Å². The predicted octanol–water partition coefficient (Wildman–Crippen LogP) is 2.81. The Morgan fingerprint density at radius 3 is 2.56 bits per heavy atom. The number of rotatable bonds is 3. The van der Waals surface area contributed by atoms with E-state index in [1.807, 2.05) is 0 Å². The zero-order valence-corrected chi connectivity index (χ0v) is 11.7. The topological polar surface area (TPSA) is 29.9 Å². The van der Waals surface area contributed by atoms with Crippen molar-refractivity contribution in [1.29, 1.82) is 0 Å². The monoisotopic (exact) mass is 247 g/mol. The fourth-order valence-electron chi connectivity index (χ4n) is 3.70. The summed E-state index contributed by atoms with van der Waals surface area (Å²) in [5, 5.41) is 3.47. The van der Waals surface area contributed by atoms with Gasteiger partial charge in [-0.25, -0.2) is 4.98 Å². The summed E-state index contributed by atoms with van der Waals surface area (Å²) in [6, 6.07) is 0. The van der Waals surface area contributed by atoms with Crippen molar-refractivity contribution in [2.45, 2.75) is 63.3 Å². The molecule has 3 heteroatoms. The van der Waals surface area contributed by atoms with Crippen molar-refractivity contribution in [2.24, 2.45) is 0 Å². The van der Waals surface area contributed by atoms with E-state index in [0.717, 1.165) is 13.1 Å². The minimum atomic E-state index is 0.319. The largest absolute Gasteiger partial charge is 0.328 e. The molecule has 3 nitrogen and oxygen atoms in total. The van der Waals surface area contributed by atoms with Gasteiger partial charge >= 0.3 is 0 Å². The molecule has 0 atom stereocenters. The Bertz CT molecular complexity index is 406. The molecule has 1 aromatic heterocycles. The first-order valence-corrected chi connectivity index (χ1v) is 7.44. The number of imidazole rings is 1. The maximum absolute atomic E-state index is 4.48. The Morgan fingerprint density at radius 1 is 1.28 bits per heavy atom. The van der Waals surface area contributed by atoms with E-state index >= 15 is 0 Å². The summed E-state index contributed by atoms with van der Waals surface area (Å²) in [7, 11) is 0. The van der Waals surface area contributed by atoms with Gasteiger partial charge in [-0.2, -0.15) is 0 Å². The van der Waals surface area contributed by atoms with Crippen molar-refractivity contribution < 1.29 is 0 Å². The molecule has 1 aromatic rings. The van der Waals surface area contributed by atoms with Crippen LogP contribution in [-0.2, 0) is 11.0 Å². The normalized spacial score (nSPS) is 25.7. The number of hydrogen-bond acceptors (Lipinski definition) is 2. The van der Waals surface area contributed by atoms with Gasteiger partial charge in [0, 0.05) is 22.8 Å².